The summed E-state index contributed by atoms with van der Waals surface area (Å²) in [6.07, 6.45) is 2.46. The molecule has 0 fully saturated rings. The Balaban J connectivity index is 1.45. The van der Waals surface area contributed by atoms with E-state index in [9.17, 15) is 14.7 Å². The van der Waals surface area contributed by atoms with E-state index in [1.165, 1.54) is 6.07 Å². The van der Waals surface area contributed by atoms with Crippen LogP contribution in [-0.2, 0) is 41.3 Å². The molecule has 1 amide bonds. The number of nitrogens with zero attached hydrogens (tertiary/aromatic N) is 5. The monoisotopic (exact) mass is 655 g/mol. The van der Waals surface area contributed by atoms with E-state index in [0.717, 1.165) is 39.8 Å². The van der Waals surface area contributed by atoms with Crippen molar-refractivity contribution in [3.05, 3.63) is 70.4 Å². The molecule has 11 heteroatoms. The number of halogens is 1. The van der Waals surface area contributed by atoms with Crippen LogP contribution < -0.4 is 9.64 Å². The molecule has 10 nitrogen and oxygen atoms in total. The number of anilines is 1. The number of aryl methyl sites for hydroxylation is 4. The summed E-state index contributed by atoms with van der Waals surface area (Å²) >= 11 is 0. The number of aromatic nitrogens is 4. The molecule has 1 atom stereocenters. The number of aliphatic carboxylic acids is 1. The van der Waals surface area contributed by atoms with Gasteiger partial charge < -0.3 is 24.0 Å². The van der Waals surface area contributed by atoms with E-state index >= 15 is 4.39 Å². The number of hydrogen-bond acceptors (Lipinski definition) is 6. The highest BCUT2D eigenvalue weighted by Crippen LogP contribution is 2.45. The smallest absolute Gasteiger partial charge is 0.337 e. The number of benzene rings is 2. The van der Waals surface area contributed by atoms with Crippen molar-refractivity contribution in [1.29, 1.82) is 0 Å². The summed E-state index contributed by atoms with van der Waals surface area (Å²) in [5.74, 6) is -1.46. The predicted molar refractivity (Wildman–Crippen MR) is 183 cm³/mol. The Morgan fingerprint density at radius 1 is 1.17 bits per heavy atom. The fourth-order valence-electron chi connectivity index (χ4n) is 6.77. The summed E-state index contributed by atoms with van der Waals surface area (Å²) in [7, 11) is 5.52. The van der Waals surface area contributed by atoms with Crippen molar-refractivity contribution >= 4 is 39.5 Å². The number of carbonyl (C=O) groups excluding carboxylic acids is 1. The molecule has 3 aromatic heterocycles. The van der Waals surface area contributed by atoms with Crippen LogP contribution in [0.2, 0.25) is 0 Å². The minimum absolute atomic E-state index is 0.0642. The quantitative estimate of drug-likeness (QED) is 0.197. The average molecular weight is 656 g/mol. The van der Waals surface area contributed by atoms with Crippen LogP contribution in [0.5, 0.6) is 5.75 Å². The number of fused-ring (bicyclic) bond motifs is 3. The molecule has 1 N–H and O–H groups in total. The van der Waals surface area contributed by atoms with Gasteiger partial charge in [-0.15, -0.1) is 0 Å². The largest absolute Gasteiger partial charge is 0.490 e. The number of amides is 1. The van der Waals surface area contributed by atoms with Crippen LogP contribution in [0.25, 0.3) is 33.1 Å². The molecule has 252 valence electrons. The van der Waals surface area contributed by atoms with Gasteiger partial charge >= 0.3 is 5.97 Å². The van der Waals surface area contributed by atoms with Crippen molar-refractivity contribution in [3.63, 3.8) is 0 Å². The molecule has 0 unspecified atom stereocenters. The van der Waals surface area contributed by atoms with E-state index in [2.05, 4.69) is 5.10 Å². The molecule has 0 saturated carbocycles. The molecule has 0 bridgehead atoms. The zero-order valence-corrected chi connectivity index (χ0v) is 28.8. The number of ether oxygens (including phenoxy) is 2. The first-order valence-electron chi connectivity index (χ1n) is 16.2. The molecule has 5 aromatic rings. The van der Waals surface area contributed by atoms with Gasteiger partial charge in [-0.3, -0.25) is 9.48 Å². The van der Waals surface area contributed by atoms with Crippen LogP contribution >= 0.6 is 0 Å². The number of rotatable bonds is 8. The fourth-order valence-corrected chi connectivity index (χ4v) is 6.77. The van der Waals surface area contributed by atoms with Crippen LogP contribution in [0, 0.1) is 19.7 Å². The fraction of sp³-hybridized carbons (Fsp3) is 0.405. The van der Waals surface area contributed by atoms with Crippen LogP contribution in [0.15, 0.2) is 36.5 Å². The highest BCUT2D eigenvalue weighted by molar-refractivity contribution is 6.00. The summed E-state index contributed by atoms with van der Waals surface area (Å²) in [4.78, 5) is 32.8. The van der Waals surface area contributed by atoms with Crippen molar-refractivity contribution < 1.29 is 28.6 Å². The third-order valence-corrected chi connectivity index (χ3v) is 9.25. The Kier molecular flexibility index (Phi) is 8.53. The van der Waals surface area contributed by atoms with Gasteiger partial charge in [-0.1, -0.05) is 0 Å². The Morgan fingerprint density at radius 2 is 1.92 bits per heavy atom. The molecule has 6 rings (SSSR count). The molecular formula is C37H42FN5O5. The third-order valence-electron chi connectivity index (χ3n) is 9.25. The molecule has 1 aliphatic heterocycles. The van der Waals surface area contributed by atoms with Gasteiger partial charge in [0.25, 0.3) is 0 Å². The second-order valence-corrected chi connectivity index (χ2v) is 13.6. The Morgan fingerprint density at radius 3 is 2.62 bits per heavy atom. The summed E-state index contributed by atoms with van der Waals surface area (Å²) < 4.78 is 31.3. The van der Waals surface area contributed by atoms with E-state index in [4.69, 9.17) is 14.5 Å². The summed E-state index contributed by atoms with van der Waals surface area (Å²) in [6.45, 7) is 9.53. The van der Waals surface area contributed by atoms with E-state index < -0.39 is 23.5 Å². The van der Waals surface area contributed by atoms with Crippen LogP contribution in [0.1, 0.15) is 67.8 Å². The molecule has 4 heterocycles. The third kappa shape index (κ3) is 5.91. The van der Waals surface area contributed by atoms with Crippen molar-refractivity contribution in [3.8, 4) is 16.9 Å². The second-order valence-electron chi connectivity index (χ2n) is 13.6. The molecule has 0 radical (unpaired) electrons. The first-order valence-corrected chi connectivity index (χ1v) is 16.2. The molecular weight excluding hydrogens is 613 g/mol. The Labute approximate surface area is 279 Å². The van der Waals surface area contributed by atoms with Gasteiger partial charge in [0, 0.05) is 72.1 Å². The number of carboxylic acid groups (broad SMARTS) is 1. The Hall–Kier alpha value is -4.77. The molecule has 1 aliphatic rings. The van der Waals surface area contributed by atoms with E-state index in [1.54, 1.807) is 50.5 Å². The van der Waals surface area contributed by atoms with Crippen LogP contribution in [0.4, 0.5) is 10.1 Å². The van der Waals surface area contributed by atoms with Gasteiger partial charge in [-0.05, 0) is 95.3 Å². The normalized spacial score (nSPS) is 13.9. The van der Waals surface area contributed by atoms with Gasteiger partial charge in [0.15, 0.2) is 17.7 Å². The molecule has 2 aromatic carbocycles. The minimum Gasteiger partial charge on any atom is -0.490 e. The molecule has 0 saturated heterocycles. The standard InChI is InChI=1S/C37H42FN5O5/c1-20-25-10-9-15-47-33(25)28(38)18-26(20)32-27-17-24(12-14-30(44)41(6)23-11-13-29-22(16-23)19-39-43(29)8)42(7)35(27)40-21(2)31(32)34(36(45)46)48-37(3,4)5/h11,13,16-19,34H,9-10,12,14-15H2,1-8H3,(H,45,46)/t34-/m0/s1. The van der Waals surface area contributed by atoms with E-state index in [1.807, 2.05) is 49.9 Å². The first-order chi connectivity index (χ1) is 22.7. The lowest BCUT2D eigenvalue weighted by molar-refractivity contribution is -0.160. The Bertz CT molecular complexity index is 2090. The van der Waals surface area contributed by atoms with E-state index in [-0.39, 0.29) is 18.1 Å². The summed E-state index contributed by atoms with van der Waals surface area (Å²) in [5, 5.41) is 16.4. The highest BCUT2D eigenvalue weighted by atomic mass is 19.1. The summed E-state index contributed by atoms with van der Waals surface area (Å²) in [6, 6.07) is 9.18. The molecule has 0 spiro atoms. The average Bonchev–Trinajstić information content (AvgIpc) is 3.57. The van der Waals surface area contributed by atoms with E-state index in [0.29, 0.717) is 52.9 Å². The zero-order chi connectivity index (χ0) is 34.7. The first kappa shape index (κ1) is 33.1. The lowest BCUT2D eigenvalue weighted by atomic mass is 9.86. The summed E-state index contributed by atoms with van der Waals surface area (Å²) in [5.41, 5.74) is 6.00. The maximum atomic E-state index is 15.7. The van der Waals surface area contributed by atoms with Crippen molar-refractivity contribution in [2.45, 2.75) is 72.0 Å². The van der Waals surface area contributed by atoms with Crippen molar-refractivity contribution in [1.82, 2.24) is 19.3 Å². The van der Waals surface area contributed by atoms with Crippen LogP contribution in [-0.4, -0.2) is 55.6 Å². The van der Waals surface area contributed by atoms with Gasteiger partial charge in [0.1, 0.15) is 5.65 Å². The number of hydrogen-bond donors (Lipinski definition) is 1. The topological polar surface area (TPSA) is 112 Å². The highest BCUT2D eigenvalue weighted by Gasteiger charge is 2.34. The van der Waals surface area contributed by atoms with Crippen molar-refractivity contribution in [2.24, 2.45) is 14.1 Å². The van der Waals surface area contributed by atoms with Gasteiger partial charge in [-0.25, -0.2) is 14.2 Å². The van der Waals surface area contributed by atoms with Crippen molar-refractivity contribution in [2.75, 3.05) is 18.6 Å². The molecule has 48 heavy (non-hydrogen) atoms. The van der Waals surface area contributed by atoms with Gasteiger partial charge in [0.2, 0.25) is 5.91 Å². The van der Waals surface area contributed by atoms with Gasteiger partial charge in [-0.2, -0.15) is 5.10 Å². The van der Waals surface area contributed by atoms with Gasteiger partial charge in [0.05, 0.1) is 23.9 Å². The SMILES string of the molecule is Cc1nc2c(cc(CCC(=O)N(C)c3ccc4c(cnn4C)c3)n2C)c(-c2cc(F)c3c(c2C)CCCO3)c1[C@H](OC(C)(C)C)C(=O)O. The number of carboxylic acids is 1. The second kappa shape index (κ2) is 12.4. The number of pyridine rings is 1. The maximum Gasteiger partial charge on any atom is 0.337 e. The number of carbonyl (C=O) groups is 2. The lowest BCUT2D eigenvalue weighted by Crippen LogP contribution is -2.28. The lowest BCUT2D eigenvalue weighted by Gasteiger charge is -2.29. The minimum atomic E-state index is -1.36. The predicted octanol–water partition coefficient (Wildman–Crippen LogP) is 6.74. The zero-order valence-electron chi connectivity index (χ0n) is 28.8. The maximum absolute atomic E-state index is 15.7. The van der Waals surface area contributed by atoms with Crippen LogP contribution in [0.3, 0.4) is 0 Å². The molecule has 0 aliphatic carbocycles.